The number of ether oxygens (including phenoxy) is 1. The Kier molecular flexibility index (Phi) is 2.38. The minimum absolute atomic E-state index is 0.406. The summed E-state index contributed by atoms with van der Waals surface area (Å²) < 4.78 is 4.99. The van der Waals surface area contributed by atoms with Crippen molar-refractivity contribution in [3.05, 3.63) is 17.6 Å². The van der Waals surface area contributed by atoms with Crippen LogP contribution in [0.4, 0.5) is 0 Å². The quantitative estimate of drug-likeness (QED) is 0.661. The molecular formula is C7H11N3O. The van der Waals surface area contributed by atoms with Gasteiger partial charge in [0.2, 0.25) is 5.88 Å². The maximum absolute atomic E-state index is 5.42. The van der Waals surface area contributed by atoms with Gasteiger partial charge in [0.15, 0.2) is 0 Å². The van der Waals surface area contributed by atoms with Gasteiger partial charge in [-0.05, 0) is 6.92 Å². The first-order valence-corrected chi connectivity index (χ1v) is 3.34. The van der Waals surface area contributed by atoms with Crippen molar-refractivity contribution in [3.8, 4) is 5.88 Å². The molecule has 0 aliphatic rings. The lowest BCUT2D eigenvalue weighted by molar-refractivity contribution is 0.390. The first kappa shape index (κ1) is 7.94. The molecule has 1 rings (SSSR count). The van der Waals surface area contributed by atoms with E-state index in [0.717, 1.165) is 5.56 Å². The highest BCUT2D eigenvalue weighted by atomic mass is 16.5. The monoisotopic (exact) mass is 153 g/mol. The summed E-state index contributed by atoms with van der Waals surface area (Å²) in [5.41, 5.74) is 6.25. The normalized spacial score (nSPS) is 9.73. The lowest BCUT2D eigenvalue weighted by Crippen LogP contribution is -2.03. The van der Waals surface area contributed by atoms with Gasteiger partial charge in [0.1, 0.15) is 5.82 Å². The number of methoxy groups -OCH3 is 1. The Hall–Kier alpha value is -1.16. The lowest BCUT2D eigenvalue weighted by atomic mass is 10.3. The Morgan fingerprint density at radius 1 is 1.64 bits per heavy atom. The fourth-order valence-electron chi connectivity index (χ4n) is 0.791. The van der Waals surface area contributed by atoms with Crippen molar-refractivity contribution in [2.75, 3.05) is 7.11 Å². The molecule has 2 N–H and O–H groups in total. The maximum Gasteiger partial charge on any atom is 0.220 e. The molecule has 1 aromatic heterocycles. The molecule has 1 heterocycles. The van der Waals surface area contributed by atoms with Gasteiger partial charge in [-0.15, -0.1) is 0 Å². The molecule has 0 fully saturated rings. The summed E-state index contributed by atoms with van der Waals surface area (Å²) in [6.45, 7) is 2.21. The van der Waals surface area contributed by atoms with Crippen molar-refractivity contribution in [1.29, 1.82) is 0 Å². The van der Waals surface area contributed by atoms with E-state index in [4.69, 9.17) is 10.5 Å². The van der Waals surface area contributed by atoms with Crippen LogP contribution in [-0.4, -0.2) is 17.1 Å². The van der Waals surface area contributed by atoms with Crippen LogP contribution in [0, 0.1) is 6.92 Å². The molecular weight excluding hydrogens is 142 g/mol. The van der Waals surface area contributed by atoms with E-state index >= 15 is 0 Å². The summed E-state index contributed by atoms with van der Waals surface area (Å²) >= 11 is 0. The third-order valence-corrected chi connectivity index (χ3v) is 1.36. The summed E-state index contributed by atoms with van der Waals surface area (Å²) in [5.74, 6) is 1.26. The predicted molar refractivity (Wildman–Crippen MR) is 41.2 cm³/mol. The van der Waals surface area contributed by atoms with E-state index in [9.17, 15) is 0 Å². The average molecular weight is 153 g/mol. The van der Waals surface area contributed by atoms with E-state index in [0.29, 0.717) is 18.2 Å². The zero-order chi connectivity index (χ0) is 8.27. The molecule has 0 unspecified atom stereocenters. The largest absolute Gasteiger partial charge is 0.481 e. The first-order chi connectivity index (χ1) is 5.27. The van der Waals surface area contributed by atoms with Gasteiger partial charge in [0.05, 0.1) is 7.11 Å². The molecule has 0 spiro atoms. The molecule has 11 heavy (non-hydrogen) atoms. The second-order valence-corrected chi connectivity index (χ2v) is 2.16. The summed E-state index contributed by atoms with van der Waals surface area (Å²) in [4.78, 5) is 8.04. The van der Waals surface area contributed by atoms with Crippen molar-refractivity contribution in [2.24, 2.45) is 5.73 Å². The standard InChI is InChI=1S/C7H11N3O/c1-5-9-4-6(3-8)7(10-5)11-2/h4H,3,8H2,1-2H3. The summed E-state index contributed by atoms with van der Waals surface area (Å²) in [6, 6.07) is 0. The van der Waals surface area contributed by atoms with Gasteiger partial charge in [-0.2, -0.15) is 4.98 Å². The predicted octanol–water partition coefficient (Wildman–Crippen LogP) is 0.252. The van der Waals surface area contributed by atoms with E-state index in [1.165, 1.54) is 0 Å². The van der Waals surface area contributed by atoms with E-state index in [-0.39, 0.29) is 0 Å². The zero-order valence-corrected chi connectivity index (χ0v) is 6.66. The minimum Gasteiger partial charge on any atom is -0.481 e. The highest BCUT2D eigenvalue weighted by Gasteiger charge is 2.02. The lowest BCUT2D eigenvalue weighted by Gasteiger charge is -2.03. The van der Waals surface area contributed by atoms with Crippen molar-refractivity contribution in [1.82, 2.24) is 9.97 Å². The Bertz CT molecular complexity index is 249. The fraction of sp³-hybridized carbons (Fsp3) is 0.429. The van der Waals surface area contributed by atoms with E-state index in [1.807, 2.05) is 6.92 Å². The number of nitrogens with two attached hydrogens (primary N) is 1. The molecule has 0 aromatic carbocycles. The van der Waals surface area contributed by atoms with Crippen molar-refractivity contribution in [3.63, 3.8) is 0 Å². The van der Waals surface area contributed by atoms with Crippen LogP contribution in [0.2, 0.25) is 0 Å². The second-order valence-electron chi connectivity index (χ2n) is 2.16. The van der Waals surface area contributed by atoms with Crippen molar-refractivity contribution < 1.29 is 4.74 Å². The molecule has 0 radical (unpaired) electrons. The Labute approximate surface area is 65.4 Å². The molecule has 4 nitrogen and oxygen atoms in total. The second kappa shape index (κ2) is 3.30. The number of rotatable bonds is 2. The molecule has 60 valence electrons. The molecule has 0 saturated heterocycles. The third kappa shape index (κ3) is 1.65. The van der Waals surface area contributed by atoms with Crippen molar-refractivity contribution >= 4 is 0 Å². The van der Waals surface area contributed by atoms with Gasteiger partial charge < -0.3 is 10.5 Å². The van der Waals surface area contributed by atoms with Crippen LogP contribution in [0.5, 0.6) is 5.88 Å². The van der Waals surface area contributed by atoms with Crippen LogP contribution < -0.4 is 10.5 Å². The van der Waals surface area contributed by atoms with Crippen molar-refractivity contribution in [2.45, 2.75) is 13.5 Å². The number of aromatic nitrogens is 2. The Morgan fingerprint density at radius 3 is 2.91 bits per heavy atom. The highest BCUT2D eigenvalue weighted by Crippen LogP contribution is 2.11. The topological polar surface area (TPSA) is 61.0 Å². The van der Waals surface area contributed by atoms with Crippen LogP contribution in [0.3, 0.4) is 0 Å². The van der Waals surface area contributed by atoms with Gasteiger partial charge in [0, 0.05) is 18.3 Å². The Morgan fingerprint density at radius 2 is 2.36 bits per heavy atom. The van der Waals surface area contributed by atoms with Gasteiger partial charge >= 0.3 is 0 Å². The van der Waals surface area contributed by atoms with Crippen LogP contribution in [0.15, 0.2) is 6.20 Å². The SMILES string of the molecule is COc1nc(C)ncc1CN. The molecule has 0 saturated carbocycles. The van der Waals surface area contributed by atoms with Gasteiger partial charge in [-0.25, -0.2) is 4.98 Å². The molecule has 0 atom stereocenters. The molecule has 0 aliphatic carbocycles. The number of nitrogens with zero attached hydrogens (tertiary/aromatic N) is 2. The smallest absolute Gasteiger partial charge is 0.220 e. The van der Waals surface area contributed by atoms with Gasteiger partial charge in [-0.1, -0.05) is 0 Å². The van der Waals surface area contributed by atoms with E-state index in [2.05, 4.69) is 9.97 Å². The molecule has 0 aliphatic heterocycles. The molecule has 1 aromatic rings. The van der Waals surface area contributed by atoms with Crippen LogP contribution >= 0.6 is 0 Å². The number of aryl methyl sites for hydroxylation is 1. The highest BCUT2D eigenvalue weighted by molar-refractivity contribution is 5.22. The Balaban J connectivity index is 3.06. The molecule has 0 bridgehead atoms. The number of hydrogen-bond donors (Lipinski definition) is 1. The van der Waals surface area contributed by atoms with Crippen LogP contribution in [0.1, 0.15) is 11.4 Å². The minimum atomic E-state index is 0.406. The fourth-order valence-corrected chi connectivity index (χ4v) is 0.791. The van der Waals surface area contributed by atoms with Crippen LogP contribution in [-0.2, 0) is 6.54 Å². The van der Waals surface area contributed by atoms with Gasteiger partial charge in [-0.3, -0.25) is 0 Å². The average Bonchev–Trinajstić information content (AvgIpc) is 2.04. The third-order valence-electron chi connectivity index (χ3n) is 1.36. The first-order valence-electron chi connectivity index (χ1n) is 3.34. The summed E-state index contributed by atoms with van der Waals surface area (Å²) in [7, 11) is 1.57. The summed E-state index contributed by atoms with van der Waals surface area (Å²) in [5, 5.41) is 0. The number of hydrogen-bond acceptors (Lipinski definition) is 4. The maximum atomic E-state index is 5.42. The molecule has 0 amide bonds. The van der Waals surface area contributed by atoms with Gasteiger partial charge in [0.25, 0.3) is 0 Å². The summed E-state index contributed by atoms with van der Waals surface area (Å²) in [6.07, 6.45) is 1.68. The van der Waals surface area contributed by atoms with Crippen LogP contribution in [0.25, 0.3) is 0 Å². The molecule has 4 heteroatoms. The van der Waals surface area contributed by atoms with E-state index in [1.54, 1.807) is 13.3 Å². The van der Waals surface area contributed by atoms with E-state index < -0.39 is 0 Å². The zero-order valence-electron chi connectivity index (χ0n) is 6.66.